The van der Waals surface area contributed by atoms with Crippen molar-refractivity contribution in [2.75, 3.05) is 22.8 Å². The molecule has 0 fully saturated rings. The molecule has 1 N–H and O–H groups in total. The molecule has 1 aliphatic heterocycles. The fourth-order valence-corrected chi connectivity index (χ4v) is 4.55. The maximum atomic E-state index is 12.8. The first kappa shape index (κ1) is 18.7. The van der Waals surface area contributed by atoms with Crippen LogP contribution >= 0.6 is 15.9 Å². The van der Waals surface area contributed by atoms with Gasteiger partial charge in [0.05, 0.1) is 22.9 Å². The molecule has 6 nitrogen and oxygen atoms in total. The van der Waals surface area contributed by atoms with Crippen LogP contribution in [0.25, 0.3) is 0 Å². The zero-order valence-corrected chi connectivity index (χ0v) is 16.9. The number of nitrogens with zero attached hydrogens (tertiary/aromatic N) is 1. The van der Waals surface area contributed by atoms with Crippen molar-refractivity contribution in [1.29, 1.82) is 0 Å². The molecule has 0 saturated carbocycles. The molecule has 8 heteroatoms. The Kier molecular flexibility index (Phi) is 5.24. The van der Waals surface area contributed by atoms with Crippen LogP contribution in [-0.4, -0.2) is 27.5 Å². The topological polar surface area (TPSA) is 75.7 Å². The molecule has 0 spiro atoms. The summed E-state index contributed by atoms with van der Waals surface area (Å²) in [6.07, 6.45) is 0.687. The quantitative estimate of drug-likeness (QED) is 0.773. The van der Waals surface area contributed by atoms with Crippen LogP contribution in [0, 0.1) is 0 Å². The zero-order valence-electron chi connectivity index (χ0n) is 14.5. The Morgan fingerprint density at radius 1 is 1.27 bits per heavy atom. The highest BCUT2D eigenvalue weighted by molar-refractivity contribution is 9.10. The summed E-state index contributed by atoms with van der Waals surface area (Å²) in [7, 11) is -3.80. The summed E-state index contributed by atoms with van der Waals surface area (Å²) in [5, 5.41) is 0. The van der Waals surface area contributed by atoms with E-state index < -0.39 is 10.0 Å². The van der Waals surface area contributed by atoms with Gasteiger partial charge in [-0.25, -0.2) is 8.42 Å². The number of amides is 1. The first-order valence-electron chi connectivity index (χ1n) is 8.18. The molecule has 1 heterocycles. The second-order valence-electron chi connectivity index (χ2n) is 5.89. The standard InChI is InChI=1S/C18H19BrN2O4S/c1-3-25-15-4-6-16(7-5-15)26(23,24)20-17-11-14(19)10-13-8-9-21(12(2)22)18(13)17/h4-7,10-11,20H,3,8-9H2,1-2H3. The number of sulfonamides is 1. The number of nitrogens with one attached hydrogen (secondary N) is 1. The van der Waals surface area contributed by atoms with Gasteiger partial charge in [-0.3, -0.25) is 9.52 Å². The Morgan fingerprint density at radius 2 is 1.96 bits per heavy atom. The minimum absolute atomic E-state index is 0.118. The van der Waals surface area contributed by atoms with E-state index in [1.807, 2.05) is 13.0 Å². The Balaban J connectivity index is 1.97. The van der Waals surface area contributed by atoms with E-state index in [2.05, 4.69) is 20.7 Å². The summed E-state index contributed by atoms with van der Waals surface area (Å²) in [6, 6.07) is 9.80. The molecule has 1 amide bonds. The van der Waals surface area contributed by atoms with Crippen molar-refractivity contribution >= 4 is 43.2 Å². The Bertz CT molecular complexity index is 942. The lowest BCUT2D eigenvalue weighted by molar-refractivity contribution is -0.116. The van der Waals surface area contributed by atoms with Crippen LogP contribution in [0.5, 0.6) is 5.75 Å². The number of carbonyl (C=O) groups excluding carboxylic acids is 1. The largest absolute Gasteiger partial charge is 0.494 e. The molecule has 0 unspecified atom stereocenters. The molecule has 0 aliphatic carbocycles. The number of hydrogen-bond acceptors (Lipinski definition) is 4. The molecule has 0 radical (unpaired) electrons. The normalized spacial score (nSPS) is 13.4. The first-order chi connectivity index (χ1) is 12.3. The van der Waals surface area contributed by atoms with Crippen LogP contribution in [0.2, 0.25) is 0 Å². The van der Waals surface area contributed by atoms with E-state index in [0.29, 0.717) is 36.7 Å². The molecule has 0 bridgehead atoms. The average Bonchev–Trinajstić information content (AvgIpc) is 2.99. The van der Waals surface area contributed by atoms with Gasteiger partial charge in [-0.2, -0.15) is 0 Å². The maximum absolute atomic E-state index is 12.8. The van der Waals surface area contributed by atoms with E-state index in [1.54, 1.807) is 23.1 Å². The van der Waals surface area contributed by atoms with Crippen molar-refractivity contribution in [1.82, 2.24) is 0 Å². The molecule has 3 rings (SSSR count). The van der Waals surface area contributed by atoms with E-state index >= 15 is 0 Å². The Morgan fingerprint density at radius 3 is 2.58 bits per heavy atom. The molecule has 1 aliphatic rings. The molecular weight excluding hydrogens is 420 g/mol. The molecular formula is C18H19BrN2O4S. The summed E-state index contributed by atoms with van der Waals surface area (Å²) in [5.74, 6) is 0.491. The number of halogens is 1. The smallest absolute Gasteiger partial charge is 0.261 e. The van der Waals surface area contributed by atoms with E-state index in [4.69, 9.17) is 4.74 Å². The fraction of sp³-hybridized carbons (Fsp3) is 0.278. The molecule has 26 heavy (non-hydrogen) atoms. The molecule has 2 aromatic rings. The number of carbonyl (C=O) groups is 1. The highest BCUT2D eigenvalue weighted by Crippen LogP contribution is 2.39. The van der Waals surface area contributed by atoms with Gasteiger partial charge < -0.3 is 9.64 Å². The SMILES string of the molecule is CCOc1ccc(S(=O)(=O)Nc2cc(Br)cc3c2N(C(C)=O)CC3)cc1. The predicted molar refractivity (Wildman–Crippen MR) is 104 cm³/mol. The van der Waals surface area contributed by atoms with E-state index in [-0.39, 0.29) is 10.8 Å². The number of anilines is 2. The minimum Gasteiger partial charge on any atom is -0.494 e. The van der Waals surface area contributed by atoms with Crippen LogP contribution < -0.4 is 14.4 Å². The Labute approximate surface area is 161 Å². The highest BCUT2D eigenvalue weighted by atomic mass is 79.9. The average molecular weight is 439 g/mol. The third-order valence-electron chi connectivity index (χ3n) is 4.10. The number of rotatable bonds is 5. The van der Waals surface area contributed by atoms with Gasteiger partial charge in [-0.1, -0.05) is 15.9 Å². The second kappa shape index (κ2) is 7.28. The molecule has 2 aromatic carbocycles. The summed E-state index contributed by atoms with van der Waals surface area (Å²) in [5.41, 5.74) is 1.94. The fourth-order valence-electron chi connectivity index (χ4n) is 2.99. The maximum Gasteiger partial charge on any atom is 0.261 e. The van der Waals surface area contributed by atoms with Crippen LogP contribution in [-0.2, 0) is 21.2 Å². The van der Waals surface area contributed by atoms with Crippen molar-refractivity contribution in [2.45, 2.75) is 25.2 Å². The molecule has 0 aromatic heterocycles. The number of ether oxygens (including phenoxy) is 1. The monoisotopic (exact) mass is 438 g/mol. The van der Waals surface area contributed by atoms with Gasteiger partial charge in [0.15, 0.2) is 0 Å². The lowest BCUT2D eigenvalue weighted by Gasteiger charge is -2.20. The van der Waals surface area contributed by atoms with Gasteiger partial charge in [0.2, 0.25) is 5.91 Å². The summed E-state index contributed by atoms with van der Waals surface area (Å²) >= 11 is 3.41. The summed E-state index contributed by atoms with van der Waals surface area (Å²) in [6.45, 7) is 4.39. The zero-order chi connectivity index (χ0) is 18.9. The van der Waals surface area contributed by atoms with E-state index in [9.17, 15) is 13.2 Å². The number of fused-ring (bicyclic) bond motifs is 1. The van der Waals surface area contributed by atoms with Gasteiger partial charge in [0, 0.05) is 17.9 Å². The highest BCUT2D eigenvalue weighted by Gasteiger charge is 2.28. The van der Waals surface area contributed by atoms with Crippen molar-refractivity contribution in [3.8, 4) is 5.75 Å². The first-order valence-corrected chi connectivity index (χ1v) is 10.5. The molecule has 0 saturated heterocycles. The van der Waals surface area contributed by atoms with Crippen molar-refractivity contribution < 1.29 is 17.9 Å². The van der Waals surface area contributed by atoms with Crippen LogP contribution in [0.4, 0.5) is 11.4 Å². The lowest BCUT2D eigenvalue weighted by Crippen LogP contribution is -2.27. The predicted octanol–water partition coefficient (Wildman–Crippen LogP) is 3.56. The van der Waals surface area contributed by atoms with E-state index in [1.165, 1.54) is 19.1 Å². The van der Waals surface area contributed by atoms with Crippen molar-refractivity contribution in [3.63, 3.8) is 0 Å². The van der Waals surface area contributed by atoms with Gasteiger partial charge in [0.25, 0.3) is 10.0 Å². The van der Waals surface area contributed by atoms with Crippen molar-refractivity contribution in [3.05, 3.63) is 46.4 Å². The third-order valence-corrected chi connectivity index (χ3v) is 5.94. The van der Waals surface area contributed by atoms with Crippen molar-refractivity contribution in [2.24, 2.45) is 0 Å². The van der Waals surface area contributed by atoms with Gasteiger partial charge in [0.1, 0.15) is 5.75 Å². The molecule has 0 atom stereocenters. The van der Waals surface area contributed by atoms with Crippen LogP contribution in [0.1, 0.15) is 19.4 Å². The van der Waals surface area contributed by atoms with Gasteiger partial charge in [-0.05, 0) is 55.3 Å². The summed E-state index contributed by atoms with van der Waals surface area (Å²) < 4.78 is 34.3. The Hall–Kier alpha value is -2.06. The van der Waals surface area contributed by atoms with Gasteiger partial charge >= 0.3 is 0 Å². The van der Waals surface area contributed by atoms with Crippen LogP contribution in [0.3, 0.4) is 0 Å². The third kappa shape index (κ3) is 3.71. The minimum atomic E-state index is -3.80. The number of benzene rings is 2. The van der Waals surface area contributed by atoms with Crippen LogP contribution in [0.15, 0.2) is 45.8 Å². The molecule has 138 valence electrons. The van der Waals surface area contributed by atoms with E-state index in [0.717, 1.165) is 10.0 Å². The lowest BCUT2D eigenvalue weighted by atomic mass is 10.1. The van der Waals surface area contributed by atoms with Gasteiger partial charge in [-0.15, -0.1) is 0 Å². The number of hydrogen-bond donors (Lipinski definition) is 1. The summed E-state index contributed by atoms with van der Waals surface area (Å²) in [4.78, 5) is 13.6. The second-order valence-corrected chi connectivity index (χ2v) is 8.49.